The molecule has 1 unspecified atom stereocenters. The molecule has 138 valence electrons. The first-order valence-electron chi connectivity index (χ1n) is 8.80. The van der Waals surface area contributed by atoms with Gasteiger partial charge in [-0.05, 0) is 25.1 Å². The molecule has 0 bridgehead atoms. The molecule has 0 fully saturated rings. The third kappa shape index (κ3) is 2.90. The molecule has 1 atom stereocenters. The van der Waals surface area contributed by atoms with E-state index in [0.29, 0.717) is 50.0 Å². The topological polar surface area (TPSA) is 78.7 Å². The molecule has 2 aliphatic heterocycles. The van der Waals surface area contributed by atoms with Crippen LogP contribution in [0.3, 0.4) is 0 Å². The van der Waals surface area contributed by atoms with Crippen molar-refractivity contribution in [3.8, 4) is 11.5 Å². The molecule has 0 spiro atoms. The molecule has 0 saturated heterocycles. The van der Waals surface area contributed by atoms with E-state index in [1.807, 2.05) is 22.5 Å². The first-order valence-corrected chi connectivity index (χ1v) is 8.80. The second-order valence-electron chi connectivity index (χ2n) is 6.45. The minimum Gasteiger partial charge on any atom is -0.490 e. The number of rotatable bonds is 3. The Morgan fingerprint density at radius 3 is 2.85 bits per heavy atom. The van der Waals surface area contributed by atoms with Crippen LogP contribution in [0, 0.1) is 0 Å². The normalized spacial score (nSPS) is 19.0. The average Bonchev–Trinajstić information content (AvgIpc) is 2.91. The predicted molar refractivity (Wildman–Crippen MR) is 92.2 cm³/mol. The van der Waals surface area contributed by atoms with Crippen LogP contribution in [0.5, 0.6) is 11.5 Å². The Morgan fingerprint density at radius 2 is 2.04 bits per heavy atom. The summed E-state index contributed by atoms with van der Waals surface area (Å²) in [6.07, 6.45) is 0.834. The zero-order valence-corrected chi connectivity index (χ0v) is 15.0. The molecule has 26 heavy (non-hydrogen) atoms. The Bertz CT molecular complexity index is 820. The molecule has 0 saturated carbocycles. The summed E-state index contributed by atoms with van der Waals surface area (Å²) < 4.78 is 18.5. The highest BCUT2D eigenvalue weighted by Gasteiger charge is 2.32. The quantitative estimate of drug-likeness (QED) is 0.833. The first kappa shape index (κ1) is 16.8. The zero-order valence-electron chi connectivity index (χ0n) is 15.0. The highest BCUT2D eigenvalue weighted by molar-refractivity contribution is 5.95. The molecule has 0 radical (unpaired) electrons. The summed E-state index contributed by atoms with van der Waals surface area (Å²) in [5.74, 6) is 2.84. The molecule has 0 N–H and O–H groups in total. The molecule has 8 nitrogen and oxygen atoms in total. The summed E-state index contributed by atoms with van der Waals surface area (Å²) in [6, 6.07) is 5.20. The van der Waals surface area contributed by atoms with E-state index in [1.54, 1.807) is 19.2 Å². The van der Waals surface area contributed by atoms with Crippen LogP contribution in [-0.2, 0) is 17.9 Å². The summed E-state index contributed by atoms with van der Waals surface area (Å²) in [4.78, 5) is 14.9. The number of benzene rings is 1. The van der Waals surface area contributed by atoms with Crippen molar-refractivity contribution in [2.24, 2.45) is 0 Å². The maximum Gasteiger partial charge on any atom is 0.254 e. The van der Waals surface area contributed by atoms with Gasteiger partial charge in [0, 0.05) is 32.2 Å². The van der Waals surface area contributed by atoms with Gasteiger partial charge in [0.15, 0.2) is 23.1 Å². The fourth-order valence-electron chi connectivity index (χ4n) is 3.42. The Balaban J connectivity index is 1.58. The number of hydrogen-bond donors (Lipinski definition) is 0. The van der Waals surface area contributed by atoms with Crippen molar-refractivity contribution >= 4 is 5.91 Å². The summed E-state index contributed by atoms with van der Waals surface area (Å²) in [7, 11) is 1.63. The van der Waals surface area contributed by atoms with Gasteiger partial charge in [-0.1, -0.05) is 0 Å². The van der Waals surface area contributed by atoms with Crippen molar-refractivity contribution in [3.05, 3.63) is 35.4 Å². The number of carbonyl (C=O) groups excluding carboxylic acids is 1. The third-order valence-corrected chi connectivity index (χ3v) is 4.79. The summed E-state index contributed by atoms with van der Waals surface area (Å²) in [5, 5.41) is 8.45. The van der Waals surface area contributed by atoms with Crippen LogP contribution in [0.2, 0.25) is 0 Å². The third-order valence-electron chi connectivity index (χ3n) is 4.79. The number of amides is 1. The number of nitrogens with zero attached hydrogens (tertiary/aromatic N) is 4. The van der Waals surface area contributed by atoms with Gasteiger partial charge < -0.3 is 23.7 Å². The van der Waals surface area contributed by atoms with E-state index in [0.717, 1.165) is 18.1 Å². The molecule has 8 heteroatoms. The first-order chi connectivity index (χ1) is 12.7. The van der Waals surface area contributed by atoms with Crippen LogP contribution in [-0.4, -0.2) is 52.4 Å². The van der Waals surface area contributed by atoms with E-state index < -0.39 is 0 Å². The van der Waals surface area contributed by atoms with Crippen molar-refractivity contribution in [1.29, 1.82) is 0 Å². The number of ether oxygens (including phenoxy) is 3. The lowest BCUT2D eigenvalue weighted by Crippen LogP contribution is -2.41. The average molecular weight is 358 g/mol. The Kier molecular flexibility index (Phi) is 4.50. The molecular formula is C18H22N4O4. The fourth-order valence-corrected chi connectivity index (χ4v) is 3.42. The van der Waals surface area contributed by atoms with Crippen LogP contribution < -0.4 is 9.47 Å². The maximum absolute atomic E-state index is 13.1. The van der Waals surface area contributed by atoms with Crippen LogP contribution in [0.15, 0.2) is 18.2 Å². The molecule has 1 aromatic heterocycles. The molecule has 1 aromatic carbocycles. The van der Waals surface area contributed by atoms with E-state index in [1.165, 1.54) is 0 Å². The predicted octanol–water partition coefficient (Wildman–Crippen LogP) is 1.80. The number of hydrogen-bond acceptors (Lipinski definition) is 6. The standard InChI is InChI=1S/C18H22N4O4/c1-12-17-20-19-16(11-24-2)22(17)7-6-21(12)18(23)13-4-5-14-15(10-13)26-9-3-8-25-14/h4-5,10,12H,3,6-9,11H2,1-2H3. The molecule has 0 aliphatic carbocycles. The van der Waals surface area contributed by atoms with E-state index in [2.05, 4.69) is 10.2 Å². The summed E-state index contributed by atoms with van der Waals surface area (Å²) >= 11 is 0. The molecule has 3 heterocycles. The lowest BCUT2D eigenvalue weighted by molar-refractivity contribution is 0.0632. The molecule has 4 rings (SSSR count). The molecular weight excluding hydrogens is 336 g/mol. The largest absolute Gasteiger partial charge is 0.490 e. The SMILES string of the molecule is COCc1nnc2n1CCN(C(=O)c1ccc3c(c1)OCCCO3)C2C. The lowest BCUT2D eigenvalue weighted by atomic mass is 10.1. The van der Waals surface area contributed by atoms with Gasteiger partial charge in [0.1, 0.15) is 6.61 Å². The second-order valence-corrected chi connectivity index (χ2v) is 6.45. The van der Waals surface area contributed by atoms with E-state index in [-0.39, 0.29) is 11.9 Å². The minimum atomic E-state index is -0.162. The Labute approximate surface area is 151 Å². The molecule has 1 amide bonds. The number of methoxy groups -OCH3 is 1. The van der Waals surface area contributed by atoms with E-state index >= 15 is 0 Å². The molecule has 2 aromatic rings. The van der Waals surface area contributed by atoms with Gasteiger partial charge in [0.25, 0.3) is 5.91 Å². The maximum atomic E-state index is 13.1. The number of aromatic nitrogens is 3. The monoisotopic (exact) mass is 358 g/mol. The summed E-state index contributed by atoms with van der Waals surface area (Å²) in [6.45, 7) is 4.85. The minimum absolute atomic E-state index is 0.0457. The van der Waals surface area contributed by atoms with Gasteiger partial charge in [-0.2, -0.15) is 0 Å². The van der Waals surface area contributed by atoms with Crippen LogP contribution >= 0.6 is 0 Å². The van der Waals surface area contributed by atoms with Crippen LogP contribution in [0.1, 0.15) is 41.4 Å². The fraction of sp³-hybridized carbons (Fsp3) is 0.500. The van der Waals surface area contributed by atoms with Gasteiger partial charge in [-0.25, -0.2) is 0 Å². The van der Waals surface area contributed by atoms with E-state index in [4.69, 9.17) is 14.2 Å². The zero-order chi connectivity index (χ0) is 18.1. The second kappa shape index (κ2) is 6.95. The van der Waals surface area contributed by atoms with Gasteiger partial charge in [-0.3, -0.25) is 4.79 Å². The van der Waals surface area contributed by atoms with Gasteiger partial charge >= 0.3 is 0 Å². The highest BCUT2D eigenvalue weighted by Crippen LogP contribution is 2.32. The van der Waals surface area contributed by atoms with Crippen molar-refractivity contribution in [1.82, 2.24) is 19.7 Å². The van der Waals surface area contributed by atoms with Gasteiger partial charge in [-0.15, -0.1) is 10.2 Å². The van der Waals surface area contributed by atoms with Crippen molar-refractivity contribution in [2.45, 2.75) is 32.5 Å². The van der Waals surface area contributed by atoms with Gasteiger partial charge in [0.05, 0.1) is 19.3 Å². The summed E-state index contributed by atoms with van der Waals surface area (Å²) in [5.41, 5.74) is 0.589. The van der Waals surface area contributed by atoms with Gasteiger partial charge in [0.2, 0.25) is 0 Å². The highest BCUT2D eigenvalue weighted by atomic mass is 16.5. The van der Waals surface area contributed by atoms with E-state index in [9.17, 15) is 4.79 Å². The van der Waals surface area contributed by atoms with Crippen molar-refractivity contribution in [2.75, 3.05) is 26.9 Å². The van der Waals surface area contributed by atoms with Crippen molar-refractivity contribution in [3.63, 3.8) is 0 Å². The van der Waals surface area contributed by atoms with Crippen LogP contribution in [0.25, 0.3) is 0 Å². The smallest absolute Gasteiger partial charge is 0.254 e. The number of carbonyl (C=O) groups is 1. The lowest BCUT2D eigenvalue weighted by Gasteiger charge is -2.33. The van der Waals surface area contributed by atoms with Crippen LogP contribution in [0.4, 0.5) is 0 Å². The number of fused-ring (bicyclic) bond motifs is 2. The molecule has 2 aliphatic rings. The Hall–Kier alpha value is -2.61. The Morgan fingerprint density at radius 1 is 1.23 bits per heavy atom. The van der Waals surface area contributed by atoms with Crippen molar-refractivity contribution < 1.29 is 19.0 Å².